The van der Waals surface area contributed by atoms with E-state index in [-0.39, 0.29) is 28.4 Å². The van der Waals surface area contributed by atoms with Crippen molar-refractivity contribution >= 4 is 52.3 Å². The van der Waals surface area contributed by atoms with E-state index in [2.05, 4.69) is 21.5 Å². The Balaban J connectivity index is 1.61. The highest BCUT2D eigenvalue weighted by atomic mass is 32.2. The Morgan fingerprint density at radius 2 is 1.58 bits per heavy atom. The number of rotatable bonds is 6. The summed E-state index contributed by atoms with van der Waals surface area (Å²) < 4.78 is 0. The van der Waals surface area contributed by atoms with Crippen LogP contribution in [0, 0.1) is 6.92 Å². The van der Waals surface area contributed by atoms with Crippen LogP contribution < -0.4 is 21.5 Å². The fourth-order valence-electron chi connectivity index (χ4n) is 2.00. The molecule has 0 bridgehead atoms. The average molecular weight is 389 g/mol. The number of nitrogens with one attached hydrogen (secondary N) is 4. The van der Waals surface area contributed by atoms with Crippen LogP contribution in [-0.4, -0.2) is 28.4 Å². The van der Waals surface area contributed by atoms with Gasteiger partial charge in [-0.15, -0.1) is 11.8 Å². The van der Waals surface area contributed by atoms with Gasteiger partial charge in [-0.25, -0.2) is 0 Å². The molecule has 0 spiro atoms. The zero-order chi connectivity index (χ0) is 18.8. The first-order chi connectivity index (χ1) is 12.5. The lowest BCUT2D eigenvalue weighted by Crippen LogP contribution is -2.44. The number of carbonyl (C=O) groups excluding carboxylic acids is 2. The number of hydrazine groups is 1. The van der Waals surface area contributed by atoms with Crippen molar-refractivity contribution in [2.24, 2.45) is 0 Å². The molecule has 4 N–H and O–H groups in total. The van der Waals surface area contributed by atoms with Crippen molar-refractivity contribution in [1.29, 1.82) is 0 Å². The number of hydrogen-bond acceptors (Lipinski definition) is 4. The van der Waals surface area contributed by atoms with E-state index in [4.69, 9.17) is 12.2 Å². The molecule has 2 amide bonds. The number of thiocarbonyl (C=S) groups is 1. The summed E-state index contributed by atoms with van der Waals surface area (Å²) in [6.07, 6.45) is 0. The van der Waals surface area contributed by atoms with Gasteiger partial charge in [0, 0.05) is 11.4 Å². The van der Waals surface area contributed by atoms with Crippen LogP contribution in [0.3, 0.4) is 0 Å². The Morgan fingerprint density at radius 1 is 0.885 bits per heavy atom. The molecule has 8 heteroatoms. The van der Waals surface area contributed by atoms with Crippen LogP contribution in [0.4, 0.5) is 11.4 Å². The SMILES string of the molecule is Cc1cccc(NC(=S)NNC(=O)CSCC(=O)Nc2ccccc2)c1. The van der Waals surface area contributed by atoms with Gasteiger partial charge >= 0.3 is 0 Å². The Bertz CT molecular complexity index is 769. The van der Waals surface area contributed by atoms with Gasteiger partial charge < -0.3 is 10.6 Å². The summed E-state index contributed by atoms with van der Waals surface area (Å²) in [5.74, 6) is -0.0918. The molecular weight excluding hydrogens is 368 g/mol. The van der Waals surface area contributed by atoms with Gasteiger partial charge in [-0.1, -0.05) is 30.3 Å². The highest BCUT2D eigenvalue weighted by Crippen LogP contribution is 2.09. The highest BCUT2D eigenvalue weighted by Gasteiger charge is 2.06. The third-order valence-corrected chi connectivity index (χ3v) is 4.25. The maximum Gasteiger partial charge on any atom is 0.248 e. The van der Waals surface area contributed by atoms with Crippen LogP contribution in [0.5, 0.6) is 0 Å². The van der Waals surface area contributed by atoms with Gasteiger partial charge in [0.25, 0.3) is 0 Å². The summed E-state index contributed by atoms with van der Waals surface area (Å²) in [5, 5.41) is 6.02. The van der Waals surface area contributed by atoms with Crippen LogP contribution in [0.2, 0.25) is 0 Å². The number of hydrogen-bond donors (Lipinski definition) is 4. The maximum absolute atomic E-state index is 11.8. The molecule has 0 unspecified atom stereocenters. The summed E-state index contributed by atoms with van der Waals surface area (Å²) in [7, 11) is 0. The van der Waals surface area contributed by atoms with Gasteiger partial charge in [0.15, 0.2) is 5.11 Å². The zero-order valence-corrected chi connectivity index (χ0v) is 15.9. The highest BCUT2D eigenvalue weighted by molar-refractivity contribution is 8.00. The summed E-state index contributed by atoms with van der Waals surface area (Å²) in [5.41, 5.74) is 7.80. The number of thioether (sulfide) groups is 1. The van der Waals surface area contributed by atoms with Gasteiger partial charge in [-0.05, 0) is 49.0 Å². The lowest BCUT2D eigenvalue weighted by Gasteiger charge is -2.12. The van der Waals surface area contributed by atoms with E-state index in [1.807, 2.05) is 49.4 Å². The molecule has 0 aliphatic carbocycles. The number of aryl methyl sites for hydroxylation is 1. The predicted molar refractivity (Wildman–Crippen MR) is 111 cm³/mol. The molecule has 136 valence electrons. The van der Waals surface area contributed by atoms with Crippen molar-refractivity contribution in [2.45, 2.75) is 6.92 Å². The minimum atomic E-state index is -0.268. The van der Waals surface area contributed by atoms with Crippen molar-refractivity contribution in [2.75, 3.05) is 22.1 Å². The van der Waals surface area contributed by atoms with Crippen LogP contribution in [0.25, 0.3) is 0 Å². The molecule has 26 heavy (non-hydrogen) atoms. The first-order valence-electron chi connectivity index (χ1n) is 7.88. The number of amides is 2. The molecule has 0 aliphatic rings. The first-order valence-corrected chi connectivity index (χ1v) is 9.44. The molecule has 0 saturated carbocycles. The van der Waals surface area contributed by atoms with Crippen molar-refractivity contribution in [3.63, 3.8) is 0 Å². The number of carbonyl (C=O) groups is 2. The van der Waals surface area contributed by atoms with Crippen LogP contribution >= 0.6 is 24.0 Å². The fraction of sp³-hybridized carbons (Fsp3) is 0.167. The summed E-state index contributed by atoms with van der Waals surface area (Å²) in [4.78, 5) is 23.6. The van der Waals surface area contributed by atoms with Gasteiger partial charge in [0.05, 0.1) is 11.5 Å². The smallest absolute Gasteiger partial charge is 0.248 e. The number of anilines is 2. The third-order valence-electron chi connectivity index (χ3n) is 3.12. The summed E-state index contributed by atoms with van der Waals surface area (Å²) >= 11 is 6.34. The monoisotopic (exact) mass is 388 g/mol. The van der Waals surface area contributed by atoms with E-state index in [0.717, 1.165) is 16.9 Å². The lowest BCUT2D eigenvalue weighted by atomic mass is 10.2. The predicted octanol–water partition coefficient (Wildman–Crippen LogP) is 2.68. The topological polar surface area (TPSA) is 82.3 Å². The average Bonchev–Trinajstić information content (AvgIpc) is 2.61. The minimum Gasteiger partial charge on any atom is -0.331 e. The molecule has 0 fully saturated rings. The van der Waals surface area contributed by atoms with Gasteiger partial charge in [-0.3, -0.25) is 20.4 Å². The number of benzene rings is 2. The van der Waals surface area contributed by atoms with E-state index in [1.165, 1.54) is 11.8 Å². The van der Waals surface area contributed by atoms with Crippen LogP contribution in [-0.2, 0) is 9.59 Å². The Hall–Kier alpha value is -2.58. The molecule has 0 atom stereocenters. The first kappa shape index (κ1) is 19.7. The van der Waals surface area contributed by atoms with E-state index in [0.29, 0.717) is 0 Å². The second kappa shape index (κ2) is 10.4. The van der Waals surface area contributed by atoms with E-state index < -0.39 is 0 Å². The lowest BCUT2D eigenvalue weighted by molar-refractivity contribution is -0.119. The summed E-state index contributed by atoms with van der Waals surface area (Å²) in [6, 6.07) is 16.9. The fourth-order valence-corrected chi connectivity index (χ4v) is 2.79. The summed E-state index contributed by atoms with van der Waals surface area (Å²) in [6.45, 7) is 1.98. The second-order valence-electron chi connectivity index (χ2n) is 5.40. The minimum absolute atomic E-state index is 0.141. The maximum atomic E-state index is 11.8. The molecule has 0 heterocycles. The van der Waals surface area contributed by atoms with Crippen molar-refractivity contribution in [1.82, 2.24) is 10.9 Å². The van der Waals surface area contributed by atoms with Crippen LogP contribution in [0.15, 0.2) is 54.6 Å². The molecule has 6 nitrogen and oxygen atoms in total. The standard InChI is InChI=1S/C18H20N4O2S2/c1-13-6-5-9-15(10-13)20-18(25)22-21-17(24)12-26-11-16(23)19-14-7-3-2-4-8-14/h2-10H,11-12H2,1H3,(H,19,23)(H,21,24)(H2,20,22,25). The van der Waals surface area contributed by atoms with Gasteiger partial charge in [-0.2, -0.15) is 0 Å². The molecule has 0 aromatic heterocycles. The Kier molecular flexibility index (Phi) is 7.91. The van der Waals surface area contributed by atoms with E-state index in [1.54, 1.807) is 12.1 Å². The van der Waals surface area contributed by atoms with Crippen LogP contribution in [0.1, 0.15) is 5.56 Å². The quantitative estimate of drug-likeness (QED) is 0.450. The molecule has 0 aliphatic heterocycles. The second-order valence-corrected chi connectivity index (χ2v) is 6.80. The van der Waals surface area contributed by atoms with Crippen molar-refractivity contribution in [3.05, 3.63) is 60.2 Å². The molecule has 2 rings (SSSR count). The molecular formula is C18H20N4O2S2. The third kappa shape index (κ3) is 7.54. The normalized spacial score (nSPS) is 9.88. The zero-order valence-electron chi connectivity index (χ0n) is 14.2. The number of para-hydroxylation sites is 1. The Labute approximate surface area is 162 Å². The molecule has 2 aromatic carbocycles. The molecule has 2 aromatic rings. The van der Waals surface area contributed by atoms with Crippen molar-refractivity contribution < 1.29 is 9.59 Å². The van der Waals surface area contributed by atoms with E-state index >= 15 is 0 Å². The molecule has 0 radical (unpaired) electrons. The van der Waals surface area contributed by atoms with Gasteiger partial charge in [0.1, 0.15) is 0 Å². The molecule has 0 saturated heterocycles. The largest absolute Gasteiger partial charge is 0.331 e. The Morgan fingerprint density at radius 3 is 2.31 bits per heavy atom. The van der Waals surface area contributed by atoms with Gasteiger partial charge in [0.2, 0.25) is 11.8 Å². The van der Waals surface area contributed by atoms with E-state index in [9.17, 15) is 9.59 Å². The van der Waals surface area contributed by atoms with Crippen molar-refractivity contribution in [3.8, 4) is 0 Å².